The predicted octanol–water partition coefficient (Wildman–Crippen LogP) is -1.34. The lowest BCUT2D eigenvalue weighted by atomic mass is 9.92. The van der Waals surface area contributed by atoms with Crippen molar-refractivity contribution in [2.45, 2.75) is 18.4 Å². The first-order chi connectivity index (χ1) is 6.59. The van der Waals surface area contributed by atoms with Crippen LogP contribution in [0.4, 0.5) is 0 Å². The number of nitriles is 1. The molecular formula is C8H11N3O3. The van der Waals surface area contributed by atoms with Crippen molar-refractivity contribution >= 4 is 11.8 Å². The first kappa shape index (κ1) is 10.5. The van der Waals surface area contributed by atoms with Crippen LogP contribution in [0.1, 0.15) is 12.8 Å². The second-order valence-electron chi connectivity index (χ2n) is 3.12. The second-order valence-corrected chi connectivity index (χ2v) is 3.12. The van der Waals surface area contributed by atoms with Crippen LogP contribution in [0.5, 0.6) is 0 Å². The summed E-state index contributed by atoms with van der Waals surface area (Å²) in [6.45, 7) is 0.791. The summed E-state index contributed by atoms with van der Waals surface area (Å²) in [7, 11) is 0. The van der Waals surface area contributed by atoms with Gasteiger partial charge in [-0.3, -0.25) is 9.59 Å². The molecule has 1 aliphatic heterocycles. The van der Waals surface area contributed by atoms with Gasteiger partial charge in [0.1, 0.15) is 5.54 Å². The third-order valence-electron chi connectivity index (χ3n) is 2.14. The van der Waals surface area contributed by atoms with Gasteiger partial charge in [0, 0.05) is 26.1 Å². The van der Waals surface area contributed by atoms with Crippen LogP contribution in [0.15, 0.2) is 0 Å². The van der Waals surface area contributed by atoms with Gasteiger partial charge >= 0.3 is 11.8 Å². The molecule has 1 saturated heterocycles. The molecule has 0 radical (unpaired) electrons. The summed E-state index contributed by atoms with van der Waals surface area (Å²) in [6.07, 6.45) is 0.755. The molecular weight excluding hydrogens is 186 g/mol. The molecule has 0 bridgehead atoms. The van der Waals surface area contributed by atoms with Crippen LogP contribution in [0.25, 0.3) is 0 Å². The average Bonchev–Trinajstić information content (AvgIpc) is 2.19. The maximum atomic E-state index is 11.0. The number of nitrogens with two attached hydrogens (primary N) is 1. The van der Waals surface area contributed by atoms with Gasteiger partial charge in [-0.2, -0.15) is 5.26 Å². The summed E-state index contributed by atoms with van der Waals surface area (Å²) in [5, 5.41) is 11.2. The molecule has 6 nitrogen and oxygen atoms in total. The first-order valence-corrected chi connectivity index (χ1v) is 4.20. The van der Waals surface area contributed by atoms with Crippen molar-refractivity contribution in [1.29, 1.82) is 5.26 Å². The van der Waals surface area contributed by atoms with E-state index in [0.29, 0.717) is 26.1 Å². The fraction of sp³-hybridized carbons (Fsp3) is 0.625. The highest BCUT2D eigenvalue weighted by Gasteiger charge is 2.35. The molecule has 1 fully saturated rings. The summed E-state index contributed by atoms with van der Waals surface area (Å²) < 4.78 is 5.05. The van der Waals surface area contributed by atoms with Crippen molar-refractivity contribution in [3.63, 3.8) is 0 Å². The maximum Gasteiger partial charge on any atom is 0.310 e. The highest BCUT2D eigenvalue weighted by Crippen LogP contribution is 2.19. The highest BCUT2D eigenvalue weighted by atomic mass is 16.5. The molecule has 0 aromatic rings. The third kappa shape index (κ3) is 2.20. The monoisotopic (exact) mass is 197 g/mol. The summed E-state index contributed by atoms with van der Waals surface area (Å²) in [4.78, 5) is 21.5. The number of carbonyl (C=O) groups is 2. The quantitative estimate of drug-likeness (QED) is 0.507. The Hall–Kier alpha value is -1.61. The Bertz CT molecular complexity index is 289. The van der Waals surface area contributed by atoms with Gasteiger partial charge in [-0.05, 0) is 0 Å². The van der Waals surface area contributed by atoms with E-state index >= 15 is 0 Å². The molecule has 6 heteroatoms. The van der Waals surface area contributed by atoms with Gasteiger partial charge in [0.05, 0.1) is 6.07 Å². The van der Waals surface area contributed by atoms with Crippen molar-refractivity contribution in [3.05, 3.63) is 0 Å². The largest absolute Gasteiger partial charge is 0.381 e. The van der Waals surface area contributed by atoms with Crippen molar-refractivity contribution in [2.24, 2.45) is 5.73 Å². The van der Waals surface area contributed by atoms with E-state index in [2.05, 4.69) is 5.32 Å². The number of nitrogens with one attached hydrogen (secondary N) is 1. The number of hydrogen-bond donors (Lipinski definition) is 2. The molecule has 1 heterocycles. The fourth-order valence-electron chi connectivity index (χ4n) is 1.26. The van der Waals surface area contributed by atoms with Crippen LogP contribution >= 0.6 is 0 Å². The summed E-state index contributed by atoms with van der Waals surface area (Å²) >= 11 is 0. The number of hydrogen-bond acceptors (Lipinski definition) is 4. The average molecular weight is 197 g/mol. The third-order valence-corrected chi connectivity index (χ3v) is 2.14. The zero-order chi connectivity index (χ0) is 10.6. The Kier molecular flexibility index (Phi) is 3.04. The summed E-state index contributed by atoms with van der Waals surface area (Å²) in [5.41, 5.74) is 3.78. The van der Waals surface area contributed by atoms with Crippen molar-refractivity contribution in [3.8, 4) is 6.07 Å². The summed E-state index contributed by atoms with van der Waals surface area (Å²) in [6, 6.07) is 1.98. The van der Waals surface area contributed by atoms with E-state index in [4.69, 9.17) is 15.7 Å². The minimum Gasteiger partial charge on any atom is -0.381 e. The zero-order valence-corrected chi connectivity index (χ0v) is 7.58. The Labute approximate surface area is 81.0 Å². The molecule has 1 rings (SSSR count). The molecule has 0 spiro atoms. The fourth-order valence-corrected chi connectivity index (χ4v) is 1.26. The minimum absolute atomic E-state index is 0.377. The smallest absolute Gasteiger partial charge is 0.310 e. The number of rotatable bonds is 1. The molecule has 0 aliphatic carbocycles. The normalized spacial score (nSPS) is 19.4. The van der Waals surface area contributed by atoms with Gasteiger partial charge < -0.3 is 15.8 Å². The lowest BCUT2D eigenvalue weighted by Gasteiger charge is -2.30. The van der Waals surface area contributed by atoms with Crippen LogP contribution in [-0.2, 0) is 14.3 Å². The predicted molar refractivity (Wildman–Crippen MR) is 45.7 cm³/mol. The van der Waals surface area contributed by atoms with Crippen LogP contribution in [-0.4, -0.2) is 30.6 Å². The molecule has 0 aromatic heterocycles. The van der Waals surface area contributed by atoms with E-state index in [9.17, 15) is 9.59 Å². The van der Waals surface area contributed by atoms with Gasteiger partial charge in [0.15, 0.2) is 0 Å². The molecule has 76 valence electrons. The highest BCUT2D eigenvalue weighted by molar-refractivity contribution is 6.34. The number of primary amides is 1. The van der Waals surface area contributed by atoms with Gasteiger partial charge in [-0.25, -0.2) is 0 Å². The molecule has 14 heavy (non-hydrogen) atoms. The van der Waals surface area contributed by atoms with E-state index < -0.39 is 17.4 Å². The summed E-state index contributed by atoms with van der Waals surface area (Å²) in [5.74, 6) is -2.00. The number of amides is 2. The van der Waals surface area contributed by atoms with E-state index in [1.807, 2.05) is 6.07 Å². The molecule has 3 N–H and O–H groups in total. The number of carbonyl (C=O) groups excluding carboxylic acids is 2. The van der Waals surface area contributed by atoms with Crippen LogP contribution in [0.2, 0.25) is 0 Å². The van der Waals surface area contributed by atoms with Crippen molar-refractivity contribution in [1.82, 2.24) is 5.32 Å². The standard InChI is InChI=1S/C8H11N3O3/c9-5-8(1-3-14-4-2-8)11-7(13)6(10)12/h1-4H2,(H2,10,12)(H,11,13). The van der Waals surface area contributed by atoms with E-state index in [1.165, 1.54) is 0 Å². The Morgan fingerprint density at radius 3 is 2.43 bits per heavy atom. The maximum absolute atomic E-state index is 11.0. The van der Waals surface area contributed by atoms with Gasteiger partial charge in [-0.15, -0.1) is 0 Å². The molecule has 2 amide bonds. The van der Waals surface area contributed by atoms with E-state index in [1.54, 1.807) is 0 Å². The Balaban J connectivity index is 2.66. The Morgan fingerprint density at radius 2 is 2.00 bits per heavy atom. The molecule has 1 aliphatic rings. The van der Waals surface area contributed by atoms with Crippen LogP contribution in [0.3, 0.4) is 0 Å². The minimum atomic E-state index is -1.08. The van der Waals surface area contributed by atoms with Crippen molar-refractivity contribution in [2.75, 3.05) is 13.2 Å². The van der Waals surface area contributed by atoms with Gasteiger partial charge in [-0.1, -0.05) is 0 Å². The SMILES string of the molecule is N#CC1(NC(=O)C(N)=O)CCOCC1. The van der Waals surface area contributed by atoms with Gasteiger partial charge in [0.2, 0.25) is 0 Å². The lowest BCUT2D eigenvalue weighted by Crippen LogP contribution is -2.54. The van der Waals surface area contributed by atoms with E-state index in [-0.39, 0.29) is 0 Å². The number of nitrogens with zero attached hydrogens (tertiary/aromatic N) is 1. The number of ether oxygens (including phenoxy) is 1. The molecule has 0 atom stereocenters. The molecule has 0 saturated carbocycles. The molecule has 0 unspecified atom stereocenters. The Morgan fingerprint density at radius 1 is 1.43 bits per heavy atom. The van der Waals surface area contributed by atoms with Gasteiger partial charge in [0.25, 0.3) is 0 Å². The second kappa shape index (κ2) is 4.07. The topological polar surface area (TPSA) is 105 Å². The van der Waals surface area contributed by atoms with Crippen molar-refractivity contribution < 1.29 is 14.3 Å². The van der Waals surface area contributed by atoms with Crippen LogP contribution in [0, 0.1) is 11.3 Å². The van der Waals surface area contributed by atoms with E-state index in [0.717, 1.165) is 0 Å². The first-order valence-electron chi connectivity index (χ1n) is 4.20. The lowest BCUT2D eigenvalue weighted by molar-refractivity contribution is -0.138. The molecule has 0 aromatic carbocycles. The van der Waals surface area contributed by atoms with Crippen LogP contribution < -0.4 is 11.1 Å². The zero-order valence-electron chi connectivity index (χ0n) is 7.58.